The first-order valence-electron chi connectivity index (χ1n) is 7.70. The van der Waals surface area contributed by atoms with Crippen LogP contribution in [0, 0.1) is 5.82 Å². The third kappa shape index (κ3) is 3.93. The molecule has 0 radical (unpaired) electrons. The first kappa shape index (κ1) is 19.7. The third-order valence-corrected chi connectivity index (χ3v) is 5.90. The summed E-state index contributed by atoms with van der Waals surface area (Å²) in [5, 5.41) is 4.22. The molecule has 0 aliphatic heterocycles. The summed E-state index contributed by atoms with van der Waals surface area (Å²) >= 11 is 1.08. The van der Waals surface area contributed by atoms with Gasteiger partial charge in [0.15, 0.2) is 5.13 Å². The maximum atomic E-state index is 14.0. The maximum Gasteiger partial charge on any atom is 0.265 e. The Labute approximate surface area is 162 Å². The number of anilines is 1. The summed E-state index contributed by atoms with van der Waals surface area (Å²) in [6, 6.07) is 4.41. The number of nitrogens with one attached hydrogen (secondary N) is 3. The van der Waals surface area contributed by atoms with Crippen molar-refractivity contribution < 1.29 is 22.4 Å². The zero-order chi connectivity index (χ0) is 20.5. The number of aromatic amines is 1. The Hall–Kier alpha value is -3.09. The molecule has 0 spiro atoms. The van der Waals surface area contributed by atoms with Gasteiger partial charge in [0.2, 0.25) is 10.0 Å². The molecular weight excluding hydrogens is 409 g/mol. The number of thiazole rings is 1. The van der Waals surface area contributed by atoms with E-state index >= 15 is 0 Å². The number of amides is 2. The van der Waals surface area contributed by atoms with Gasteiger partial charge in [-0.2, -0.15) is 0 Å². The minimum Gasteiger partial charge on any atom is -0.364 e. The number of aromatic nitrogens is 2. The number of sulfonamides is 1. The van der Waals surface area contributed by atoms with Gasteiger partial charge in [-0.3, -0.25) is 14.9 Å². The first-order valence-corrected chi connectivity index (χ1v) is 10.1. The molecule has 0 fully saturated rings. The van der Waals surface area contributed by atoms with Crippen molar-refractivity contribution >= 4 is 38.3 Å². The van der Waals surface area contributed by atoms with E-state index in [-0.39, 0.29) is 15.7 Å². The summed E-state index contributed by atoms with van der Waals surface area (Å²) in [6.45, 7) is 0. The van der Waals surface area contributed by atoms with Crippen molar-refractivity contribution in [2.45, 2.75) is 4.90 Å². The van der Waals surface area contributed by atoms with Crippen LogP contribution in [0.4, 0.5) is 9.52 Å². The molecule has 0 saturated carbocycles. The Bertz CT molecular complexity index is 1170. The van der Waals surface area contributed by atoms with E-state index < -0.39 is 33.2 Å². The largest absolute Gasteiger partial charge is 0.364 e. The number of primary amides is 1. The van der Waals surface area contributed by atoms with Gasteiger partial charge >= 0.3 is 0 Å². The highest BCUT2D eigenvalue weighted by molar-refractivity contribution is 7.89. The van der Waals surface area contributed by atoms with Crippen molar-refractivity contribution in [2.24, 2.45) is 5.73 Å². The Morgan fingerprint density at radius 3 is 2.68 bits per heavy atom. The second kappa shape index (κ2) is 7.50. The van der Waals surface area contributed by atoms with Gasteiger partial charge in [0.25, 0.3) is 11.8 Å². The number of hydrogen-bond acceptors (Lipinski definition) is 6. The van der Waals surface area contributed by atoms with Crippen molar-refractivity contribution in [3.63, 3.8) is 0 Å². The first-order chi connectivity index (χ1) is 13.2. The van der Waals surface area contributed by atoms with Gasteiger partial charge in [-0.25, -0.2) is 22.5 Å². The van der Waals surface area contributed by atoms with Crippen molar-refractivity contribution in [3.05, 3.63) is 52.9 Å². The van der Waals surface area contributed by atoms with Crippen molar-refractivity contribution in [3.8, 4) is 11.3 Å². The minimum absolute atomic E-state index is 0.170. The molecule has 3 aromatic rings. The van der Waals surface area contributed by atoms with Crippen LogP contribution in [-0.4, -0.2) is 37.2 Å². The van der Waals surface area contributed by atoms with E-state index in [4.69, 9.17) is 5.73 Å². The standard InChI is InChI=1S/C16H14FN5O4S2/c1-19-28(25,26)9-2-3-11(17)10(5-9)15(24)22-16-21-13(7-27-16)8-4-12(14(18)23)20-6-8/h2-7,19-20H,1H3,(H2,18,23)(H,21,22,24). The van der Waals surface area contributed by atoms with E-state index in [0.717, 1.165) is 29.5 Å². The van der Waals surface area contributed by atoms with Crippen LogP contribution in [0.2, 0.25) is 0 Å². The molecule has 3 rings (SSSR count). The summed E-state index contributed by atoms with van der Waals surface area (Å²) in [5.74, 6) is -2.35. The van der Waals surface area contributed by atoms with Gasteiger partial charge in [-0.1, -0.05) is 0 Å². The molecule has 2 aromatic heterocycles. The number of hydrogen-bond donors (Lipinski definition) is 4. The second-order valence-electron chi connectivity index (χ2n) is 5.51. The van der Waals surface area contributed by atoms with Crippen molar-refractivity contribution in [1.29, 1.82) is 0 Å². The zero-order valence-corrected chi connectivity index (χ0v) is 15.9. The highest BCUT2D eigenvalue weighted by atomic mass is 32.2. The molecule has 5 N–H and O–H groups in total. The van der Waals surface area contributed by atoms with Crippen LogP contribution in [0.1, 0.15) is 20.8 Å². The smallest absolute Gasteiger partial charge is 0.265 e. The van der Waals surface area contributed by atoms with E-state index in [2.05, 4.69) is 20.0 Å². The molecule has 12 heteroatoms. The van der Waals surface area contributed by atoms with Crippen LogP contribution in [0.3, 0.4) is 0 Å². The molecule has 0 saturated heterocycles. The highest BCUT2D eigenvalue weighted by Gasteiger charge is 2.19. The summed E-state index contributed by atoms with van der Waals surface area (Å²) in [5.41, 5.74) is 6.00. The van der Waals surface area contributed by atoms with E-state index in [9.17, 15) is 22.4 Å². The lowest BCUT2D eigenvalue weighted by molar-refractivity contribution is 0.0993. The fourth-order valence-corrected chi connectivity index (χ4v) is 3.75. The SMILES string of the molecule is CNS(=O)(=O)c1ccc(F)c(C(=O)Nc2nc(-c3c[nH]c(C(N)=O)c3)cs2)c1. The van der Waals surface area contributed by atoms with Crippen LogP contribution >= 0.6 is 11.3 Å². The average molecular weight is 423 g/mol. The number of nitrogens with two attached hydrogens (primary N) is 1. The third-order valence-electron chi connectivity index (χ3n) is 3.73. The number of benzene rings is 1. The molecule has 0 aliphatic rings. The molecule has 146 valence electrons. The average Bonchev–Trinajstić information content (AvgIpc) is 3.31. The number of nitrogens with zero attached hydrogens (tertiary/aromatic N) is 1. The van der Waals surface area contributed by atoms with Crippen molar-refractivity contribution in [2.75, 3.05) is 12.4 Å². The zero-order valence-electron chi connectivity index (χ0n) is 14.3. The van der Waals surface area contributed by atoms with E-state index in [1.54, 1.807) is 5.38 Å². The van der Waals surface area contributed by atoms with Gasteiger partial charge in [0.1, 0.15) is 11.5 Å². The Morgan fingerprint density at radius 2 is 2.04 bits per heavy atom. The number of H-pyrrole nitrogens is 1. The summed E-state index contributed by atoms with van der Waals surface area (Å²) in [7, 11) is -2.62. The molecule has 0 atom stereocenters. The van der Waals surface area contributed by atoms with Crippen LogP contribution in [-0.2, 0) is 10.0 Å². The molecule has 0 unspecified atom stereocenters. The van der Waals surface area contributed by atoms with Crippen LogP contribution in [0.15, 0.2) is 40.7 Å². The Kier molecular flexibility index (Phi) is 5.27. The number of halogens is 1. The van der Waals surface area contributed by atoms with Gasteiger partial charge in [-0.15, -0.1) is 11.3 Å². The Morgan fingerprint density at radius 1 is 1.29 bits per heavy atom. The molecule has 2 amide bonds. The monoisotopic (exact) mass is 423 g/mol. The number of carbonyl (C=O) groups is 2. The second-order valence-corrected chi connectivity index (χ2v) is 8.25. The lowest BCUT2D eigenvalue weighted by atomic mass is 10.2. The molecule has 2 heterocycles. The molecule has 1 aromatic carbocycles. The molecular formula is C16H14FN5O4S2. The molecule has 0 bridgehead atoms. The quantitative estimate of drug-likeness (QED) is 0.475. The van der Waals surface area contributed by atoms with Crippen LogP contribution in [0.5, 0.6) is 0 Å². The number of carbonyl (C=O) groups excluding carboxylic acids is 2. The van der Waals surface area contributed by atoms with E-state index in [1.807, 2.05) is 0 Å². The van der Waals surface area contributed by atoms with Crippen LogP contribution in [0.25, 0.3) is 11.3 Å². The lowest BCUT2D eigenvalue weighted by Gasteiger charge is -2.07. The van der Waals surface area contributed by atoms with Gasteiger partial charge in [0.05, 0.1) is 16.2 Å². The van der Waals surface area contributed by atoms with Gasteiger partial charge in [-0.05, 0) is 31.3 Å². The molecule has 0 aliphatic carbocycles. The fraction of sp³-hybridized carbons (Fsp3) is 0.0625. The summed E-state index contributed by atoms with van der Waals surface area (Å²) < 4.78 is 39.8. The van der Waals surface area contributed by atoms with Gasteiger partial charge < -0.3 is 10.7 Å². The van der Waals surface area contributed by atoms with Gasteiger partial charge in [0, 0.05) is 17.1 Å². The number of rotatable bonds is 6. The van der Waals surface area contributed by atoms with Crippen LogP contribution < -0.4 is 15.8 Å². The predicted octanol–water partition coefficient (Wildman–Crippen LogP) is 1.54. The molecule has 28 heavy (non-hydrogen) atoms. The normalized spacial score (nSPS) is 11.4. The van der Waals surface area contributed by atoms with E-state index in [0.29, 0.717) is 11.3 Å². The lowest BCUT2D eigenvalue weighted by Crippen LogP contribution is -2.20. The van der Waals surface area contributed by atoms with E-state index in [1.165, 1.54) is 19.3 Å². The van der Waals surface area contributed by atoms with Crippen molar-refractivity contribution in [1.82, 2.24) is 14.7 Å². The highest BCUT2D eigenvalue weighted by Crippen LogP contribution is 2.26. The summed E-state index contributed by atoms with van der Waals surface area (Å²) in [4.78, 5) is 30.2. The maximum absolute atomic E-state index is 14.0. The minimum atomic E-state index is -3.83. The fourth-order valence-electron chi connectivity index (χ4n) is 2.28. The summed E-state index contributed by atoms with van der Waals surface area (Å²) in [6.07, 6.45) is 1.53. The topological polar surface area (TPSA) is 147 Å². The Balaban J connectivity index is 1.83. The molecule has 9 nitrogen and oxygen atoms in total. The predicted molar refractivity (Wildman–Crippen MR) is 101 cm³/mol.